The van der Waals surface area contributed by atoms with Gasteiger partial charge in [-0.05, 0) is 41.0 Å². The van der Waals surface area contributed by atoms with Crippen molar-refractivity contribution in [2.24, 2.45) is 0 Å². The normalized spacial score (nSPS) is 20.6. The second kappa shape index (κ2) is 7.90. The Bertz CT molecular complexity index is 864. The Morgan fingerprint density at radius 3 is 2.61 bits per heavy atom. The summed E-state index contributed by atoms with van der Waals surface area (Å²) < 4.78 is 24.0. The van der Waals surface area contributed by atoms with Crippen LogP contribution in [0.5, 0.6) is 0 Å². The lowest BCUT2D eigenvalue weighted by Crippen LogP contribution is -2.40. The van der Waals surface area contributed by atoms with Gasteiger partial charge in [0.15, 0.2) is 17.0 Å². The Kier molecular flexibility index (Phi) is 5.89. The van der Waals surface area contributed by atoms with Crippen molar-refractivity contribution in [1.29, 1.82) is 0 Å². The number of hydrogen-bond acceptors (Lipinski definition) is 7. The topological polar surface area (TPSA) is 128 Å². The first kappa shape index (κ1) is 20.9. The molecule has 3 rings (SSSR count). The first-order valence-corrected chi connectivity index (χ1v) is 10.5. The summed E-state index contributed by atoms with van der Waals surface area (Å²) in [6.07, 6.45) is 2.47. The second-order valence-corrected chi connectivity index (χ2v) is 9.06. The zero-order valence-electron chi connectivity index (χ0n) is 16.9. The Hall–Kier alpha value is -1.82. The number of fused-ring (bicyclic) bond motifs is 1. The van der Waals surface area contributed by atoms with Gasteiger partial charge in [-0.25, -0.2) is 9.19 Å². The quantitative estimate of drug-likeness (QED) is 0.506. The zero-order chi connectivity index (χ0) is 20.6. The molecule has 28 heavy (non-hydrogen) atoms. The van der Waals surface area contributed by atoms with Crippen LogP contribution in [0.15, 0.2) is 6.33 Å². The van der Waals surface area contributed by atoms with E-state index in [1.165, 1.54) is 4.31 Å². The average molecular weight is 412 g/mol. The highest BCUT2D eigenvalue weighted by Gasteiger charge is 2.28. The van der Waals surface area contributed by atoms with E-state index in [0.717, 1.165) is 6.42 Å². The van der Waals surface area contributed by atoms with Crippen LogP contribution in [0, 0.1) is 0 Å². The molecule has 1 saturated heterocycles. The molecule has 1 aliphatic rings. The maximum absolute atomic E-state index is 11.3. The molecule has 2 aromatic rings. The number of nitrogens with zero attached hydrogens (tertiary/aromatic N) is 5. The highest BCUT2D eigenvalue weighted by molar-refractivity contribution is 7.76. The van der Waals surface area contributed by atoms with Gasteiger partial charge in [-0.3, -0.25) is 4.55 Å². The summed E-state index contributed by atoms with van der Waals surface area (Å²) in [7, 11) is 0. The van der Waals surface area contributed by atoms with Crippen LogP contribution in [-0.4, -0.2) is 68.5 Å². The molecule has 3 unspecified atom stereocenters. The van der Waals surface area contributed by atoms with Crippen LogP contribution in [0.2, 0.25) is 0 Å². The van der Waals surface area contributed by atoms with Crippen molar-refractivity contribution in [3.8, 4) is 0 Å². The zero-order valence-corrected chi connectivity index (χ0v) is 17.7. The van der Waals surface area contributed by atoms with E-state index in [2.05, 4.69) is 25.6 Å². The van der Waals surface area contributed by atoms with E-state index in [1.807, 2.05) is 25.3 Å². The lowest BCUT2D eigenvalue weighted by Gasteiger charge is -2.27. The number of nitrogens with one attached hydrogen (secondary N) is 2. The Balaban J connectivity index is 1.94. The number of anilines is 2. The largest absolute Gasteiger partial charge is 0.388 e. The molecule has 10 nitrogen and oxygen atoms in total. The van der Waals surface area contributed by atoms with Gasteiger partial charge in [-0.1, -0.05) is 0 Å². The van der Waals surface area contributed by atoms with Crippen molar-refractivity contribution in [2.45, 2.75) is 64.8 Å². The molecular formula is C17H29N7O3S. The molecule has 0 spiro atoms. The van der Waals surface area contributed by atoms with Gasteiger partial charge in [-0.15, -0.1) is 0 Å². The van der Waals surface area contributed by atoms with Gasteiger partial charge in [0.25, 0.3) is 0 Å². The molecule has 0 amide bonds. The predicted octanol–water partition coefficient (Wildman–Crippen LogP) is 1.60. The van der Waals surface area contributed by atoms with E-state index in [9.17, 15) is 13.9 Å². The van der Waals surface area contributed by atoms with Crippen LogP contribution in [0.4, 0.5) is 11.8 Å². The van der Waals surface area contributed by atoms with Crippen LogP contribution in [0.25, 0.3) is 11.2 Å². The molecule has 4 N–H and O–H groups in total. The van der Waals surface area contributed by atoms with Crippen LogP contribution in [-0.2, 0) is 11.3 Å². The molecule has 0 aliphatic carbocycles. The maximum Gasteiger partial charge on any atom is 0.234 e. The summed E-state index contributed by atoms with van der Waals surface area (Å²) in [5.74, 6) is 0.970. The maximum atomic E-state index is 11.3. The fourth-order valence-corrected chi connectivity index (χ4v) is 3.58. The number of imidazole rings is 1. The number of rotatable bonds is 7. The lowest BCUT2D eigenvalue weighted by molar-refractivity contribution is 0.0646. The first-order valence-electron chi connectivity index (χ1n) is 9.42. The molecule has 0 radical (unpaired) electrons. The smallest absolute Gasteiger partial charge is 0.234 e. The fraction of sp³-hybridized carbons (Fsp3) is 0.706. The molecule has 3 atom stereocenters. The van der Waals surface area contributed by atoms with Gasteiger partial charge in [0.2, 0.25) is 17.2 Å². The Labute approximate surface area is 167 Å². The van der Waals surface area contributed by atoms with E-state index in [1.54, 1.807) is 20.2 Å². The van der Waals surface area contributed by atoms with Gasteiger partial charge >= 0.3 is 0 Å². The van der Waals surface area contributed by atoms with E-state index in [4.69, 9.17) is 0 Å². The molecule has 0 aromatic carbocycles. The van der Waals surface area contributed by atoms with Crippen molar-refractivity contribution in [1.82, 2.24) is 23.8 Å². The molecule has 1 aliphatic heterocycles. The number of aliphatic hydroxyl groups is 1. The minimum Gasteiger partial charge on any atom is -0.388 e. The van der Waals surface area contributed by atoms with Crippen molar-refractivity contribution in [2.75, 3.05) is 23.7 Å². The van der Waals surface area contributed by atoms with Crippen LogP contribution >= 0.6 is 0 Å². The molecular weight excluding hydrogens is 382 g/mol. The van der Waals surface area contributed by atoms with E-state index in [0.29, 0.717) is 36.0 Å². The summed E-state index contributed by atoms with van der Waals surface area (Å²) >= 11 is -1.97. The van der Waals surface area contributed by atoms with Gasteiger partial charge < -0.3 is 20.3 Å². The molecule has 3 heterocycles. The number of hydrogen-bond donors (Lipinski definition) is 4. The highest BCUT2D eigenvalue weighted by atomic mass is 32.2. The van der Waals surface area contributed by atoms with Gasteiger partial charge in [0, 0.05) is 25.2 Å². The monoisotopic (exact) mass is 411 g/mol. The Morgan fingerprint density at radius 1 is 1.32 bits per heavy atom. The SMILES string of the molecule is CC(C)n1cnc2c(NC3CCN(S(=O)O)C3)nc(NC(C)C(C)(C)O)nc21. The van der Waals surface area contributed by atoms with Gasteiger partial charge in [0.05, 0.1) is 18.0 Å². The summed E-state index contributed by atoms with van der Waals surface area (Å²) in [6, 6.07) is -0.115. The molecule has 11 heteroatoms. The van der Waals surface area contributed by atoms with Crippen molar-refractivity contribution in [3.63, 3.8) is 0 Å². The van der Waals surface area contributed by atoms with Gasteiger partial charge in [-0.2, -0.15) is 14.3 Å². The first-order chi connectivity index (χ1) is 13.1. The lowest BCUT2D eigenvalue weighted by atomic mass is 10.0. The third-order valence-electron chi connectivity index (χ3n) is 5.10. The molecule has 156 valence electrons. The van der Waals surface area contributed by atoms with E-state index in [-0.39, 0.29) is 18.1 Å². The van der Waals surface area contributed by atoms with Crippen LogP contribution < -0.4 is 10.6 Å². The van der Waals surface area contributed by atoms with Crippen LogP contribution in [0.3, 0.4) is 0 Å². The van der Waals surface area contributed by atoms with Crippen molar-refractivity contribution >= 4 is 34.2 Å². The number of aromatic nitrogens is 4. The molecule has 0 saturated carbocycles. The predicted molar refractivity (Wildman–Crippen MR) is 109 cm³/mol. The van der Waals surface area contributed by atoms with Gasteiger partial charge in [0.1, 0.15) is 0 Å². The summed E-state index contributed by atoms with van der Waals surface area (Å²) in [5, 5.41) is 16.8. The molecule has 1 fully saturated rings. The third kappa shape index (κ3) is 4.43. The standard InChI is InChI=1S/C17H29N7O3S/c1-10(2)24-9-18-13-14(20-12-6-7-23(8-12)28(26)27)21-16(22-15(13)24)19-11(3)17(4,5)25/h9-12,25H,6-8H2,1-5H3,(H,26,27)(H2,19,20,21,22). The second-order valence-electron chi connectivity index (χ2n) is 8.08. The fourth-order valence-electron chi connectivity index (χ4n) is 3.01. The minimum absolute atomic E-state index is 0.0158. The average Bonchev–Trinajstić information content (AvgIpc) is 3.20. The van der Waals surface area contributed by atoms with E-state index < -0.39 is 16.9 Å². The Morgan fingerprint density at radius 2 is 2.04 bits per heavy atom. The summed E-state index contributed by atoms with van der Waals surface area (Å²) in [6.45, 7) is 10.4. The molecule has 2 aromatic heterocycles. The third-order valence-corrected chi connectivity index (χ3v) is 5.87. The van der Waals surface area contributed by atoms with Crippen LogP contribution in [0.1, 0.15) is 47.1 Å². The summed E-state index contributed by atoms with van der Waals surface area (Å²) in [4.78, 5) is 13.7. The summed E-state index contributed by atoms with van der Waals surface area (Å²) in [5.41, 5.74) is 0.402. The van der Waals surface area contributed by atoms with E-state index >= 15 is 0 Å². The highest BCUT2D eigenvalue weighted by Crippen LogP contribution is 2.26. The minimum atomic E-state index is -1.97. The van der Waals surface area contributed by atoms with Crippen molar-refractivity contribution < 1.29 is 13.9 Å². The molecule has 0 bridgehead atoms. The van der Waals surface area contributed by atoms with Crippen molar-refractivity contribution in [3.05, 3.63) is 6.33 Å².